The summed E-state index contributed by atoms with van der Waals surface area (Å²) in [6.45, 7) is 9.51. The number of hydrogen-bond donors (Lipinski definition) is 1. The molecule has 0 aliphatic heterocycles. The normalized spacial score (nSPS) is 10.1. The van der Waals surface area contributed by atoms with E-state index in [2.05, 4.69) is 18.8 Å². The van der Waals surface area contributed by atoms with Gasteiger partial charge >= 0.3 is 0 Å². The van der Waals surface area contributed by atoms with E-state index < -0.39 is 0 Å². The van der Waals surface area contributed by atoms with E-state index in [-0.39, 0.29) is 5.91 Å². The summed E-state index contributed by atoms with van der Waals surface area (Å²) in [4.78, 5) is 11.3. The molecule has 0 aliphatic carbocycles. The van der Waals surface area contributed by atoms with Gasteiger partial charge in [-0.2, -0.15) is 11.8 Å². The highest BCUT2D eigenvalue weighted by Crippen LogP contribution is 2.03. The average molecular weight is 245 g/mol. The number of ether oxygens (including phenoxy) is 1. The molecule has 94 valence electrons. The van der Waals surface area contributed by atoms with Crippen molar-refractivity contribution in [1.82, 2.24) is 5.32 Å². The first-order valence-corrected chi connectivity index (χ1v) is 6.88. The smallest absolute Gasteiger partial charge is 0.230 e. The molecule has 0 aromatic carbocycles. The maximum atomic E-state index is 11.3. The molecule has 0 radical (unpaired) electrons. The van der Waals surface area contributed by atoms with Gasteiger partial charge < -0.3 is 10.1 Å². The Balaban J connectivity index is 3.20. The van der Waals surface area contributed by atoms with Gasteiger partial charge in [0.1, 0.15) is 0 Å². The lowest BCUT2D eigenvalue weighted by atomic mass is 10.4. The molecule has 0 aromatic rings. The van der Waals surface area contributed by atoms with Gasteiger partial charge in [-0.05, 0) is 19.1 Å². The fourth-order valence-corrected chi connectivity index (χ4v) is 1.90. The van der Waals surface area contributed by atoms with Crippen molar-refractivity contribution in [2.75, 3.05) is 31.3 Å². The number of hydrogen-bond acceptors (Lipinski definition) is 3. The number of thioether (sulfide) groups is 1. The Morgan fingerprint density at radius 1 is 1.50 bits per heavy atom. The Hall–Kier alpha value is -0.480. The highest BCUT2D eigenvalue weighted by atomic mass is 32.2. The Bertz CT molecular complexity index is 207. The summed E-state index contributed by atoms with van der Waals surface area (Å²) < 4.78 is 5.27. The second-order valence-corrected chi connectivity index (χ2v) is 4.87. The number of carbonyl (C=O) groups is 1. The van der Waals surface area contributed by atoms with Crippen LogP contribution in [0.3, 0.4) is 0 Å². The third kappa shape index (κ3) is 11.6. The molecule has 0 unspecified atom stereocenters. The van der Waals surface area contributed by atoms with Crippen LogP contribution in [0.4, 0.5) is 0 Å². The predicted octanol–water partition coefficient (Wildman–Crippen LogP) is 2.23. The van der Waals surface area contributed by atoms with Gasteiger partial charge in [-0.25, -0.2) is 0 Å². The summed E-state index contributed by atoms with van der Waals surface area (Å²) in [7, 11) is 0. The van der Waals surface area contributed by atoms with E-state index in [4.69, 9.17) is 4.74 Å². The van der Waals surface area contributed by atoms with E-state index in [0.717, 1.165) is 11.3 Å². The lowest BCUT2D eigenvalue weighted by Crippen LogP contribution is -2.29. The van der Waals surface area contributed by atoms with E-state index in [0.29, 0.717) is 25.5 Å². The van der Waals surface area contributed by atoms with Crippen molar-refractivity contribution >= 4 is 17.7 Å². The molecule has 0 aliphatic rings. The minimum absolute atomic E-state index is 0.0972. The topological polar surface area (TPSA) is 38.3 Å². The summed E-state index contributed by atoms with van der Waals surface area (Å²) in [6.07, 6.45) is 2.36. The Morgan fingerprint density at radius 3 is 2.88 bits per heavy atom. The molecule has 3 nitrogen and oxygen atoms in total. The summed E-state index contributed by atoms with van der Waals surface area (Å²) in [5.41, 5.74) is 1.00. The van der Waals surface area contributed by atoms with Gasteiger partial charge in [0.15, 0.2) is 0 Å². The maximum Gasteiger partial charge on any atom is 0.230 e. The van der Waals surface area contributed by atoms with Crippen molar-refractivity contribution in [3.05, 3.63) is 12.2 Å². The van der Waals surface area contributed by atoms with Gasteiger partial charge in [0, 0.05) is 6.54 Å². The summed E-state index contributed by atoms with van der Waals surface area (Å²) in [5, 5.41) is 2.82. The quantitative estimate of drug-likeness (QED) is 0.474. The lowest BCUT2D eigenvalue weighted by molar-refractivity contribution is -0.118. The highest BCUT2D eigenvalue weighted by molar-refractivity contribution is 7.99. The van der Waals surface area contributed by atoms with Crippen LogP contribution >= 0.6 is 11.8 Å². The van der Waals surface area contributed by atoms with Gasteiger partial charge in [0.2, 0.25) is 5.91 Å². The van der Waals surface area contributed by atoms with Gasteiger partial charge in [0.05, 0.1) is 19.0 Å². The molecular weight excluding hydrogens is 222 g/mol. The van der Waals surface area contributed by atoms with Crippen molar-refractivity contribution < 1.29 is 9.53 Å². The standard InChI is InChI=1S/C12H23NO2S/c1-4-5-8-16-10-12(14)13-6-7-15-9-11(2)3/h2,4-10H2,1,3H3,(H,13,14). The second-order valence-electron chi connectivity index (χ2n) is 3.77. The molecule has 0 rings (SSSR count). The molecule has 4 heteroatoms. The zero-order valence-electron chi connectivity index (χ0n) is 10.4. The second kappa shape index (κ2) is 11.0. The van der Waals surface area contributed by atoms with Crippen molar-refractivity contribution in [2.24, 2.45) is 0 Å². The van der Waals surface area contributed by atoms with Crippen LogP contribution in [0.25, 0.3) is 0 Å². The Labute approximate surface area is 103 Å². The minimum Gasteiger partial charge on any atom is -0.375 e. The van der Waals surface area contributed by atoms with Crippen LogP contribution in [0.2, 0.25) is 0 Å². The molecular formula is C12H23NO2S. The van der Waals surface area contributed by atoms with Crippen LogP contribution in [0.1, 0.15) is 26.7 Å². The highest BCUT2D eigenvalue weighted by Gasteiger charge is 1.99. The fourth-order valence-electron chi connectivity index (χ4n) is 0.971. The molecule has 0 saturated heterocycles. The molecule has 0 saturated carbocycles. The van der Waals surface area contributed by atoms with Crippen molar-refractivity contribution in [3.63, 3.8) is 0 Å². The third-order valence-electron chi connectivity index (χ3n) is 1.79. The number of amides is 1. The molecule has 0 fully saturated rings. The molecule has 0 aromatic heterocycles. The van der Waals surface area contributed by atoms with Crippen LogP contribution in [0, 0.1) is 0 Å². The van der Waals surface area contributed by atoms with Crippen LogP contribution in [0.5, 0.6) is 0 Å². The zero-order chi connectivity index (χ0) is 12.2. The van der Waals surface area contributed by atoms with Gasteiger partial charge in [-0.3, -0.25) is 4.79 Å². The van der Waals surface area contributed by atoms with Gasteiger partial charge in [-0.1, -0.05) is 25.5 Å². The predicted molar refractivity (Wildman–Crippen MR) is 70.9 cm³/mol. The zero-order valence-corrected chi connectivity index (χ0v) is 11.2. The average Bonchev–Trinajstić information content (AvgIpc) is 2.23. The maximum absolute atomic E-state index is 11.3. The lowest BCUT2D eigenvalue weighted by Gasteiger charge is -2.06. The SMILES string of the molecule is C=C(C)COCCNC(=O)CSCCCC. The summed E-state index contributed by atoms with van der Waals surface area (Å²) in [5.74, 6) is 1.72. The molecule has 0 atom stereocenters. The molecule has 0 spiro atoms. The Morgan fingerprint density at radius 2 is 2.25 bits per heavy atom. The third-order valence-corrected chi connectivity index (χ3v) is 2.84. The summed E-state index contributed by atoms with van der Waals surface area (Å²) >= 11 is 1.69. The fraction of sp³-hybridized carbons (Fsp3) is 0.750. The van der Waals surface area contributed by atoms with Gasteiger partial charge in [0.25, 0.3) is 0 Å². The van der Waals surface area contributed by atoms with E-state index in [9.17, 15) is 4.79 Å². The van der Waals surface area contributed by atoms with Crippen molar-refractivity contribution in [1.29, 1.82) is 0 Å². The van der Waals surface area contributed by atoms with E-state index in [1.165, 1.54) is 12.8 Å². The summed E-state index contributed by atoms with van der Waals surface area (Å²) in [6, 6.07) is 0. The van der Waals surface area contributed by atoms with Crippen LogP contribution in [-0.4, -0.2) is 37.2 Å². The van der Waals surface area contributed by atoms with Gasteiger partial charge in [-0.15, -0.1) is 0 Å². The molecule has 16 heavy (non-hydrogen) atoms. The van der Waals surface area contributed by atoms with E-state index >= 15 is 0 Å². The molecule has 1 N–H and O–H groups in total. The first kappa shape index (κ1) is 15.5. The Kier molecular flexibility index (Phi) is 10.7. The van der Waals surface area contributed by atoms with Crippen LogP contribution in [-0.2, 0) is 9.53 Å². The molecule has 0 bridgehead atoms. The van der Waals surface area contributed by atoms with Crippen LogP contribution < -0.4 is 5.32 Å². The number of nitrogens with one attached hydrogen (secondary N) is 1. The van der Waals surface area contributed by atoms with Crippen LogP contribution in [0.15, 0.2) is 12.2 Å². The van der Waals surface area contributed by atoms with E-state index in [1.807, 2.05) is 6.92 Å². The first-order chi connectivity index (χ1) is 7.66. The number of rotatable bonds is 10. The van der Waals surface area contributed by atoms with Crippen molar-refractivity contribution in [3.8, 4) is 0 Å². The number of unbranched alkanes of at least 4 members (excludes halogenated alkanes) is 1. The largest absolute Gasteiger partial charge is 0.375 e. The van der Waals surface area contributed by atoms with E-state index in [1.54, 1.807) is 11.8 Å². The first-order valence-electron chi connectivity index (χ1n) is 5.73. The molecule has 1 amide bonds. The minimum atomic E-state index is 0.0972. The monoisotopic (exact) mass is 245 g/mol. The molecule has 0 heterocycles. The van der Waals surface area contributed by atoms with Crippen molar-refractivity contribution in [2.45, 2.75) is 26.7 Å². The number of carbonyl (C=O) groups excluding carboxylic acids is 1.